The first-order valence-electron chi connectivity index (χ1n) is 8.18. The van der Waals surface area contributed by atoms with Crippen molar-refractivity contribution in [3.8, 4) is 5.75 Å². The van der Waals surface area contributed by atoms with Crippen molar-refractivity contribution >= 4 is 17.7 Å². The highest BCUT2D eigenvalue weighted by molar-refractivity contribution is 5.92. The van der Waals surface area contributed by atoms with Crippen LogP contribution in [-0.4, -0.2) is 48.3 Å². The number of nitrogens with one attached hydrogen (secondary N) is 2. The molecule has 1 amide bonds. The smallest absolute Gasteiger partial charge is 0.248 e. The summed E-state index contributed by atoms with van der Waals surface area (Å²) in [6.45, 7) is 0.966. The number of benzene rings is 1. The third-order valence-electron chi connectivity index (χ3n) is 4.01. The van der Waals surface area contributed by atoms with Gasteiger partial charge in [-0.3, -0.25) is 4.79 Å². The van der Waals surface area contributed by atoms with E-state index in [1.165, 1.54) is 0 Å². The van der Waals surface area contributed by atoms with Crippen molar-refractivity contribution in [2.75, 3.05) is 30.9 Å². The fraction of sp³-hybridized carbons (Fsp3) is 0.353. The minimum Gasteiger partial charge on any atom is -0.488 e. The number of anilines is 2. The zero-order chi connectivity index (χ0) is 18.5. The van der Waals surface area contributed by atoms with Gasteiger partial charge in [0.25, 0.3) is 0 Å². The predicted molar refractivity (Wildman–Crippen MR) is 93.8 cm³/mol. The molecule has 2 atom stereocenters. The zero-order valence-corrected chi connectivity index (χ0v) is 14.2. The molecule has 1 aromatic heterocycles. The van der Waals surface area contributed by atoms with E-state index < -0.39 is 11.7 Å². The van der Waals surface area contributed by atoms with E-state index in [9.17, 15) is 9.18 Å². The van der Waals surface area contributed by atoms with Crippen LogP contribution < -0.4 is 21.1 Å². The number of carbonyl (C=O) groups excluding carboxylic acids is 1. The van der Waals surface area contributed by atoms with Crippen LogP contribution in [0.4, 0.5) is 16.2 Å². The molecule has 1 saturated heterocycles. The second-order valence-corrected chi connectivity index (χ2v) is 5.80. The van der Waals surface area contributed by atoms with E-state index in [4.69, 9.17) is 15.2 Å². The Morgan fingerprint density at radius 2 is 2.15 bits per heavy atom. The summed E-state index contributed by atoms with van der Waals surface area (Å²) in [6, 6.07) is 6.40. The summed E-state index contributed by atoms with van der Waals surface area (Å²) in [5.74, 6) is -0.0106. The lowest BCUT2D eigenvalue weighted by Crippen LogP contribution is -2.46. The summed E-state index contributed by atoms with van der Waals surface area (Å²) in [5.41, 5.74) is 5.65. The van der Waals surface area contributed by atoms with Crippen LogP contribution in [0, 0.1) is 5.82 Å². The molecule has 1 aromatic carbocycles. The van der Waals surface area contributed by atoms with E-state index in [0.717, 1.165) is 6.20 Å². The minimum absolute atomic E-state index is 0.110. The number of primary amides is 1. The first-order chi connectivity index (χ1) is 12.6. The van der Waals surface area contributed by atoms with Crippen molar-refractivity contribution in [2.24, 2.45) is 5.73 Å². The molecule has 3 rings (SSSR count). The van der Waals surface area contributed by atoms with Gasteiger partial charge in [0.15, 0.2) is 11.6 Å². The number of amides is 1. The third-order valence-corrected chi connectivity index (χ3v) is 4.01. The van der Waals surface area contributed by atoms with Crippen molar-refractivity contribution in [3.05, 3.63) is 41.8 Å². The molecule has 138 valence electrons. The number of nitrogens with two attached hydrogens (primary N) is 1. The summed E-state index contributed by atoms with van der Waals surface area (Å²) in [6.07, 6.45) is 1.56. The lowest BCUT2D eigenvalue weighted by molar-refractivity contribution is 0.0145. The number of hydrogen-bond acceptors (Lipinski definition) is 7. The average molecular weight is 361 g/mol. The fourth-order valence-corrected chi connectivity index (χ4v) is 2.64. The molecule has 9 heteroatoms. The van der Waals surface area contributed by atoms with Crippen LogP contribution in [0.25, 0.3) is 0 Å². The van der Waals surface area contributed by atoms with Gasteiger partial charge >= 0.3 is 0 Å². The molecule has 26 heavy (non-hydrogen) atoms. The Hall–Kier alpha value is -2.94. The highest BCUT2D eigenvalue weighted by Gasteiger charge is 2.28. The predicted octanol–water partition coefficient (Wildman–Crippen LogP) is 1.40. The normalized spacial score (nSPS) is 19.6. The molecule has 0 unspecified atom stereocenters. The Morgan fingerprint density at radius 1 is 1.38 bits per heavy atom. The monoisotopic (exact) mass is 361 g/mol. The number of hydrogen-bond donors (Lipinski definition) is 3. The van der Waals surface area contributed by atoms with Gasteiger partial charge in [-0.2, -0.15) is 4.98 Å². The van der Waals surface area contributed by atoms with Crippen LogP contribution in [0.1, 0.15) is 16.8 Å². The van der Waals surface area contributed by atoms with Crippen LogP contribution in [0.5, 0.6) is 5.75 Å². The Bertz CT molecular complexity index is 771. The summed E-state index contributed by atoms with van der Waals surface area (Å²) in [4.78, 5) is 19.2. The lowest BCUT2D eigenvalue weighted by atomic mass is 10.1. The molecular weight excluding hydrogens is 341 g/mol. The first kappa shape index (κ1) is 17.9. The van der Waals surface area contributed by atoms with E-state index in [0.29, 0.717) is 30.9 Å². The van der Waals surface area contributed by atoms with Gasteiger partial charge in [0.1, 0.15) is 11.9 Å². The molecule has 1 fully saturated rings. The average Bonchev–Trinajstić information content (AvgIpc) is 2.65. The van der Waals surface area contributed by atoms with Crippen LogP contribution in [0.3, 0.4) is 0 Å². The van der Waals surface area contributed by atoms with Gasteiger partial charge in [0.2, 0.25) is 11.9 Å². The Balaban J connectivity index is 1.70. The second-order valence-electron chi connectivity index (χ2n) is 5.80. The highest BCUT2D eigenvalue weighted by Crippen LogP contribution is 2.21. The van der Waals surface area contributed by atoms with Crippen molar-refractivity contribution in [1.29, 1.82) is 0 Å². The third kappa shape index (κ3) is 4.17. The molecule has 1 aliphatic heterocycles. The maximum atomic E-state index is 13.5. The second kappa shape index (κ2) is 7.96. The number of aromatic nitrogens is 2. The largest absolute Gasteiger partial charge is 0.488 e. The van der Waals surface area contributed by atoms with Crippen molar-refractivity contribution in [2.45, 2.75) is 18.6 Å². The first-order valence-corrected chi connectivity index (χ1v) is 8.18. The molecule has 1 aliphatic rings. The van der Waals surface area contributed by atoms with Gasteiger partial charge < -0.3 is 25.8 Å². The Kier molecular flexibility index (Phi) is 5.47. The van der Waals surface area contributed by atoms with E-state index in [1.807, 2.05) is 0 Å². The standard InChI is InChI=1S/C17H20FN5O3/c1-20-16-12(18)8-21-17(23-16)22-13-9-25-7-6-14(13)26-11-4-2-10(3-5-11)15(19)24/h2-5,8,13-14H,6-7,9H2,1H3,(H2,19,24)(H2,20,21,22,23)/t13-,14-/m1/s1. The maximum absolute atomic E-state index is 13.5. The van der Waals surface area contributed by atoms with E-state index in [2.05, 4.69) is 20.6 Å². The van der Waals surface area contributed by atoms with Gasteiger partial charge in [0, 0.05) is 19.0 Å². The number of rotatable bonds is 6. The van der Waals surface area contributed by atoms with Gasteiger partial charge in [-0.15, -0.1) is 0 Å². The summed E-state index contributed by atoms with van der Waals surface area (Å²) in [5, 5.41) is 5.80. The van der Waals surface area contributed by atoms with Crippen molar-refractivity contribution < 1.29 is 18.7 Å². The van der Waals surface area contributed by atoms with Crippen molar-refractivity contribution in [3.63, 3.8) is 0 Å². The fourth-order valence-electron chi connectivity index (χ4n) is 2.64. The Morgan fingerprint density at radius 3 is 2.85 bits per heavy atom. The summed E-state index contributed by atoms with van der Waals surface area (Å²) < 4.78 is 25.0. The summed E-state index contributed by atoms with van der Waals surface area (Å²) in [7, 11) is 1.58. The molecular formula is C17H20FN5O3. The van der Waals surface area contributed by atoms with Crippen molar-refractivity contribution in [1.82, 2.24) is 9.97 Å². The van der Waals surface area contributed by atoms with Gasteiger partial charge in [-0.1, -0.05) is 0 Å². The highest BCUT2D eigenvalue weighted by atomic mass is 19.1. The number of carbonyl (C=O) groups is 1. The van der Waals surface area contributed by atoms with Crippen LogP contribution >= 0.6 is 0 Å². The van der Waals surface area contributed by atoms with E-state index in [1.54, 1.807) is 31.3 Å². The minimum atomic E-state index is -0.528. The topological polar surface area (TPSA) is 111 Å². The van der Waals surface area contributed by atoms with Gasteiger partial charge in [-0.25, -0.2) is 9.37 Å². The van der Waals surface area contributed by atoms with Crippen LogP contribution in [0.2, 0.25) is 0 Å². The quantitative estimate of drug-likeness (QED) is 0.713. The molecule has 0 radical (unpaired) electrons. The number of halogens is 1. The van der Waals surface area contributed by atoms with E-state index >= 15 is 0 Å². The summed E-state index contributed by atoms with van der Waals surface area (Å²) >= 11 is 0. The molecule has 4 N–H and O–H groups in total. The molecule has 0 bridgehead atoms. The molecule has 0 spiro atoms. The van der Waals surface area contributed by atoms with Crippen LogP contribution in [0.15, 0.2) is 30.5 Å². The molecule has 2 aromatic rings. The molecule has 0 saturated carbocycles. The van der Waals surface area contributed by atoms with E-state index in [-0.39, 0.29) is 23.9 Å². The SMILES string of the molecule is CNc1nc(N[C@@H]2COCC[C@H]2Oc2ccc(C(N)=O)cc2)ncc1F. The van der Waals surface area contributed by atoms with Gasteiger partial charge in [0.05, 0.1) is 25.5 Å². The zero-order valence-electron chi connectivity index (χ0n) is 14.2. The number of ether oxygens (including phenoxy) is 2. The molecule has 0 aliphatic carbocycles. The maximum Gasteiger partial charge on any atom is 0.248 e. The molecule has 8 nitrogen and oxygen atoms in total. The van der Waals surface area contributed by atoms with Crippen LogP contribution in [-0.2, 0) is 4.74 Å². The Labute approximate surface area is 149 Å². The van der Waals surface area contributed by atoms with Gasteiger partial charge in [-0.05, 0) is 24.3 Å². The lowest BCUT2D eigenvalue weighted by Gasteiger charge is -2.32. The number of nitrogens with zero attached hydrogens (tertiary/aromatic N) is 2. The molecule has 2 heterocycles.